The fourth-order valence-electron chi connectivity index (χ4n) is 2.95. The van der Waals surface area contributed by atoms with Crippen LogP contribution in [0.3, 0.4) is 0 Å². The molecule has 0 radical (unpaired) electrons. The van der Waals surface area contributed by atoms with Gasteiger partial charge in [0.05, 0.1) is 10.9 Å². The highest BCUT2D eigenvalue weighted by Gasteiger charge is 2.36. The van der Waals surface area contributed by atoms with Gasteiger partial charge in [0, 0.05) is 17.7 Å². The number of fused-ring (bicyclic) bond motifs is 1. The average Bonchev–Trinajstić information content (AvgIpc) is 3.57. The first kappa shape index (κ1) is 17.1. The molecular weight excluding hydrogens is 380 g/mol. The highest BCUT2D eigenvalue weighted by atomic mass is 32.2. The summed E-state index contributed by atoms with van der Waals surface area (Å²) in [7, 11) is -3.34. The van der Waals surface area contributed by atoms with Gasteiger partial charge < -0.3 is 0 Å². The molecule has 0 saturated heterocycles. The Hall–Kier alpha value is -3.01. The third-order valence-electron chi connectivity index (χ3n) is 4.81. The number of nitrogens with one attached hydrogen (secondary N) is 2. The molecule has 1 amide bonds. The van der Waals surface area contributed by atoms with E-state index >= 15 is 0 Å². The van der Waals surface area contributed by atoms with Gasteiger partial charge >= 0.3 is 0 Å². The van der Waals surface area contributed by atoms with E-state index in [1.54, 1.807) is 28.9 Å². The van der Waals surface area contributed by atoms with Gasteiger partial charge in [0.15, 0.2) is 5.65 Å². The Kier molecular flexibility index (Phi) is 3.83. The summed E-state index contributed by atoms with van der Waals surface area (Å²) in [5.41, 5.74) is 2.09. The number of hydrogen-bond acceptors (Lipinski definition) is 6. The van der Waals surface area contributed by atoms with Crippen LogP contribution in [0.4, 0.5) is 11.8 Å². The highest BCUT2D eigenvalue weighted by Crippen LogP contribution is 2.31. The van der Waals surface area contributed by atoms with Crippen LogP contribution >= 0.6 is 0 Å². The van der Waals surface area contributed by atoms with Crippen molar-refractivity contribution < 1.29 is 13.2 Å². The summed E-state index contributed by atoms with van der Waals surface area (Å²) >= 11 is 0. The number of hydrogen-bond donors (Lipinski definition) is 2. The summed E-state index contributed by atoms with van der Waals surface area (Å²) in [6.07, 6.45) is 4.80. The largest absolute Gasteiger partial charge is 0.293 e. The Labute approximate surface area is 161 Å². The maximum absolute atomic E-state index is 12.0. The molecule has 2 saturated carbocycles. The topological polar surface area (TPSA) is 118 Å². The van der Waals surface area contributed by atoms with Gasteiger partial charge in [-0.25, -0.2) is 17.9 Å². The SMILES string of the molecule is O=C(Nc1nc2cccc(-c3ccc(NS(=O)(=O)C4CC4)nc3)n2n1)C1CC1. The summed E-state index contributed by atoms with van der Waals surface area (Å²) in [5.74, 6) is 0.582. The molecule has 3 heterocycles. The van der Waals surface area contributed by atoms with Crippen LogP contribution in [0.5, 0.6) is 0 Å². The summed E-state index contributed by atoms with van der Waals surface area (Å²) in [4.78, 5) is 20.5. The van der Waals surface area contributed by atoms with Crippen LogP contribution in [-0.4, -0.2) is 39.2 Å². The second kappa shape index (κ2) is 6.26. The molecule has 0 atom stereocenters. The lowest BCUT2D eigenvalue weighted by molar-refractivity contribution is -0.117. The number of pyridine rings is 2. The van der Waals surface area contributed by atoms with Crippen LogP contribution in [-0.2, 0) is 14.8 Å². The second-order valence-corrected chi connectivity index (χ2v) is 9.12. The molecule has 2 fully saturated rings. The second-order valence-electron chi connectivity index (χ2n) is 7.16. The molecule has 2 aliphatic rings. The van der Waals surface area contributed by atoms with Gasteiger partial charge in [0.1, 0.15) is 5.82 Å². The van der Waals surface area contributed by atoms with E-state index < -0.39 is 10.0 Å². The minimum atomic E-state index is -3.34. The Bertz CT molecular complexity index is 1160. The molecule has 10 heteroatoms. The number of carbonyl (C=O) groups is 1. The fourth-order valence-corrected chi connectivity index (χ4v) is 4.28. The quantitative estimate of drug-likeness (QED) is 0.656. The van der Waals surface area contributed by atoms with E-state index in [0.29, 0.717) is 24.3 Å². The zero-order valence-corrected chi connectivity index (χ0v) is 15.7. The molecule has 9 nitrogen and oxygen atoms in total. The minimum Gasteiger partial charge on any atom is -0.293 e. The van der Waals surface area contributed by atoms with E-state index in [9.17, 15) is 13.2 Å². The first-order chi connectivity index (χ1) is 13.5. The lowest BCUT2D eigenvalue weighted by atomic mass is 10.2. The minimum absolute atomic E-state index is 0.0496. The molecule has 0 aliphatic heterocycles. The summed E-state index contributed by atoms with van der Waals surface area (Å²) < 4.78 is 28.2. The molecule has 0 spiro atoms. The van der Waals surface area contributed by atoms with Crippen molar-refractivity contribution in [2.45, 2.75) is 30.9 Å². The maximum atomic E-state index is 12.0. The number of amides is 1. The van der Waals surface area contributed by atoms with Crippen molar-refractivity contribution in [1.82, 2.24) is 19.6 Å². The lowest BCUT2D eigenvalue weighted by Gasteiger charge is -2.07. The average molecular weight is 398 g/mol. The van der Waals surface area contributed by atoms with Crippen molar-refractivity contribution in [2.75, 3.05) is 10.0 Å². The summed E-state index contributed by atoms with van der Waals surface area (Å²) in [5, 5.41) is 6.83. The van der Waals surface area contributed by atoms with Gasteiger partial charge in [-0.1, -0.05) is 6.07 Å². The number of rotatable bonds is 6. The highest BCUT2D eigenvalue weighted by molar-refractivity contribution is 7.93. The molecule has 0 unspecified atom stereocenters. The number of nitrogens with zero attached hydrogens (tertiary/aromatic N) is 4. The van der Waals surface area contributed by atoms with Crippen molar-refractivity contribution in [3.05, 3.63) is 36.5 Å². The lowest BCUT2D eigenvalue weighted by Crippen LogP contribution is -2.18. The molecular formula is C18H18N6O3S. The zero-order valence-electron chi connectivity index (χ0n) is 14.9. The van der Waals surface area contributed by atoms with Crippen molar-refractivity contribution in [3.8, 4) is 11.3 Å². The fraction of sp³-hybridized carbons (Fsp3) is 0.333. The molecule has 0 bridgehead atoms. The third kappa shape index (κ3) is 3.31. The predicted octanol–water partition coefficient (Wildman–Crippen LogP) is 2.04. The molecule has 3 aromatic heterocycles. The van der Waals surface area contributed by atoms with E-state index in [4.69, 9.17) is 0 Å². The monoisotopic (exact) mass is 398 g/mol. The van der Waals surface area contributed by atoms with Crippen molar-refractivity contribution in [1.29, 1.82) is 0 Å². The van der Waals surface area contributed by atoms with Gasteiger partial charge in [0.2, 0.25) is 21.9 Å². The standard InChI is InChI=1S/C18H18N6O3S/c25-17(11-4-5-11)21-18-20-16-3-1-2-14(24(16)22-18)12-6-9-15(19-10-12)23-28(26,27)13-7-8-13/h1-3,6,9-11,13H,4-5,7-8H2,(H,19,23)(H,21,22,25). The van der Waals surface area contributed by atoms with Crippen LogP contribution in [0.2, 0.25) is 0 Å². The van der Waals surface area contributed by atoms with Gasteiger partial charge in [-0.15, -0.1) is 5.10 Å². The van der Waals surface area contributed by atoms with Crippen LogP contribution in [0.15, 0.2) is 36.5 Å². The third-order valence-corrected chi connectivity index (χ3v) is 6.65. The van der Waals surface area contributed by atoms with Crippen molar-refractivity contribution in [3.63, 3.8) is 0 Å². The molecule has 2 aliphatic carbocycles. The van der Waals surface area contributed by atoms with E-state index in [1.165, 1.54) is 0 Å². The number of carbonyl (C=O) groups excluding carboxylic acids is 1. The molecule has 0 aromatic carbocycles. The van der Waals surface area contributed by atoms with E-state index in [2.05, 4.69) is 25.1 Å². The summed E-state index contributed by atoms with van der Waals surface area (Å²) in [6.45, 7) is 0. The Morgan fingerprint density at radius 3 is 2.61 bits per heavy atom. The first-order valence-corrected chi connectivity index (χ1v) is 10.7. The van der Waals surface area contributed by atoms with Crippen molar-refractivity contribution >= 4 is 33.3 Å². The molecule has 2 N–H and O–H groups in total. The molecule has 5 rings (SSSR count). The normalized spacial score (nSPS) is 16.9. The van der Waals surface area contributed by atoms with E-state index in [0.717, 1.165) is 24.1 Å². The number of aromatic nitrogens is 4. The van der Waals surface area contributed by atoms with Gasteiger partial charge in [0.25, 0.3) is 0 Å². The maximum Gasteiger partial charge on any atom is 0.249 e. The van der Waals surface area contributed by atoms with Crippen molar-refractivity contribution in [2.24, 2.45) is 5.92 Å². The van der Waals surface area contributed by atoms with E-state index in [1.807, 2.05) is 12.1 Å². The van der Waals surface area contributed by atoms with E-state index in [-0.39, 0.29) is 23.0 Å². The molecule has 144 valence electrons. The van der Waals surface area contributed by atoms with Crippen LogP contribution in [0.1, 0.15) is 25.7 Å². The molecule has 3 aromatic rings. The zero-order chi connectivity index (χ0) is 19.3. The molecule has 28 heavy (non-hydrogen) atoms. The Balaban J connectivity index is 1.41. The Morgan fingerprint density at radius 1 is 1.11 bits per heavy atom. The number of sulfonamides is 1. The number of anilines is 2. The van der Waals surface area contributed by atoms with Gasteiger partial charge in [-0.3, -0.25) is 14.8 Å². The summed E-state index contributed by atoms with van der Waals surface area (Å²) in [6, 6.07) is 8.90. The van der Waals surface area contributed by atoms with Crippen LogP contribution in [0, 0.1) is 5.92 Å². The van der Waals surface area contributed by atoms with Crippen LogP contribution < -0.4 is 10.0 Å². The van der Waals surface area contributed by atoms with Gasteiger partial charge in [-0.05, 0) is 49.9 Å². The first-order valence-electron chi connectivity index (χ1n) is 9.14. The smallest absolute Gasteiger partial charge is 0.249 e. The van der Waals surface area contributed by atoms with Crippen LogP contribution in [0.25, 0.3) is 16.9 Å². The van der Waals surface area contributed by atoms with Gasteiger partial charge in [-0.2, -0.15) is 4.98 Å². The predicted molar refractivity (Wildman–Crippen MR) is 103 cm³/mol. The Morgan fingerprint density at radius 2 is 1.93 bits per heavy atom.